The van der Waals surface area contributed by atoms with Crippen LogP contribution in [0.15, 0.2) is 16.6 Å². The fourth-order valence-corrected chi connectivity index (χ4v) is 2.68. The van der Waals surface area contributed by atoms with E-state index in [1.807, 2.05) is 11.4 Å². The monoisotopic (exact) mass is 282 g/mol. The molecule has 1 aliphatic rings. The minimum absolute atomic E-state index is 0.00619. The highest BCUT2D eigenvalue weighted by atomic mass is 32.1. The number of oxime groups is 1. The number of nitrogens with one attached hydrogen (secondary N) is 1. The second-order valence-corrected chi connectivity index (χ2v) is 5.08. The average Bonchev–Trinajstić information content (AvgIpc) is 3.04. The molecule has 102 valence electrons. The Morgan fingerprint density at radius 1 is 1.63 bits per heavy atom. The summed E-state index contributed by atoms with van der Waals surface area (Å²) in [4.78, 5) is 28.4. The number of aryl methyl sites for hydroxylation is 1. The fraction of sp³-hybridized carbons (Fsp3) is 0.417. The van der Waals surface area contributed by atoms with E-state index in [9.17, 15) is 9.59 Å². The molecule has 0 saturated heterocycles. The van der Waals surface area contributed by atoms with Crippen LogP contribution in [0.5, 0.6) is 0 Å². The van der Waals surface area contributed by atoms with Gasteiger partial charge in [0.15, 0.2) is 5.71 Å². The van der Waals surface area contributed by atoms with Gasteiger partial charge in [0.05, 0.1) is 6.54 Å². The molecule has 19 heavy (non-hydrogen) atoms. The average molecular weight is 282 g/mol. The zero-order valence-electron chi connectivity index (χ0n) is 10.4. The van der Waals surface area contributed by atoms with Crippen LogP contribution in [0, 0.1) is 0 Å². The smallest absolute Gasteiger partial charge is 0.353 e. The lowest BCUT2D eigenvalue weighted by molar-refractivity contribution is -0.131. The van der Waals surface area contributed by atoms with E-state index in [0.29, 0.717) is 6.54 Å². The first-order valence-electron chi connectivity index (χ1n) is 5.90. The van der Waals surface area contributed by atoms with Crippen LogP contribution >= 0.6 is 11.3 Å². The summed E-state index contributed by atoms with van der Waals surface area (Å²) < 4.78 is 0. The Bertz CT molecular complexity index is 524. The minimum atomic E-state index is -1.15. The van der Waals surface area contributed by atoms with Crippen LogP contribution in [0.1, 0.15) is 23.8 Å². The summed E-state index contributed by atoms with van der Waals surface area (Å²) in [5, 5.41) is 16.8. The zero-order chi connectivity index (χ0) is 13.8. The highest BCUT2D eigenvalue weighted by molar-refractivity contribution is 7.10. The molecule has 2 heterocycles. The quantitative estimate of drug-likeness (QED) is 0.848. The van der Waals surface area contributed by atoms with Gasteiger partial charge in [-0.1, -0.05) is 12.1 Å². The predicted octanol–water partition coefficient (Wildman–Crippen LogP) is 1.16. The van der Waals surface area contributed by atoms with E-state index < -0.39 is 12.1 Å². The molecule has 0 radical (unpaired) electrons. The number of carbonyl (C=O) groups is 2. The number of rotatable bonds is 5. The molecule has 1 aliphatic heterocycles. The first-order valence-corrected chi connectivity index (χ1v) is 6.78. The van der Waals surface area contributed by atoms with Crippen molar-refractivity contribution < 1.29 is 19.5 Å². The molecule has 1 aromatic heterocycles. The summed E-state index contributed by atoms with van der Waals surface area (Å²) in [6.07, 6.45) is 0.0868. The first-order chi connectivity index (χ1) is 9.11. The van der Waals surface area contributed by atoms with Gasteiger partial charge in [0.25, 0.3) is 5.91 Å². The van der Waals surface area contributed by atoms with Crippen LogP contribution in [0.4, 0.5) is 0 Å². The van der Waals surface area contributed by atoms with Crippen molar-refractivity contribution in [3.05, 3.63) is 21.9 Å². The number of carboxylic acids is 1. The zero-order valence-corrected chi connectivity index (χ0v) is 11.2. The van der Waals surface area contributed by atoms with Crippen molar-refractivity contribution in [2.45, 2.75) is 32.4 Å². The van der Waals surface area contributed by atoms with Crippen molar-refractivity contribution in [3.8, 4) is 0 Å². The van der Waals surface area contributed by atoms with E-state index in [1.54, 1.807) is 11.3 Å². The third-order valence-electron chi connectivity index (χ3n) is 2.85. The predicted molar refractivity (Wildman–Crippen MR) is 70.1 cm³/mol. The highest BCUT2D eigenvalue weighted by Gasteiger charge is 2.31. The number of thiophene rings is 1. The van der Waals surface area contributed by atoms with Gasteiger partial charge in [-0.15, -0.1) is 11.3 Å². The number of hydrogen-bond acceptors (Lipinski definition) is 5. The molecule has 7 heteroatoms. The van der Waals surface area contributed by atoms with Crippen molar-refractivity contribution in [2.24, 2.45) is 5.16 Å². The standard InChI is InChI=1S/C12H14N2O4S/c1-2-7-3-4-19-10(7)6-13-11(15)9-5-8(12(16)17)14-18-9/h3-4,9H,2,5-6H2,1H3,(H,13,15)(H,16,17). The highest BCUT2D eigenvalue weighted by Crippen LogP contribution is 2.17. The van der Waals surface area contributed by atoms with E-state index >= 15 is 0 Å². The second kappa shape index (κ2) is 5.83. The van der Waals surface area contributed by atoms with Crippen molar-refractivity contribution in [2.75, 3.05) is 0 Å². The Kier molecular flexibility index (Phi) is 4.16. The Morgan fingerprint density at radius 3 is 3.05 bits per heavy atom. The molecule has 0 saturated carbocycles. The number of hydrogen-bond donors (Lipinski definition) is 2. The van der Waals surface area contributed by atoms with E-state index in [4.69, 9.17) is 9.94 Å². The van der Waals surface area contributed by atoms with E-state index in [2.05, 4.69) is 17.4 Å². The number of carboxylic acid groups (broad SMARTS) is 1. The van der Waals surface area contributed by atoms with Crippen LogP contribution in [0.25, 0.3) is 0 Å². The molecular formula is C12H14N2O4S. The normalized spacial score (nSPS) is 17.7. The molecule has 1 unspecified atom stereocenters. The molecule has 6 nitrogen and oxygen atoms in total. The Labute approximate surface area is 114 Å². The third-order valence-corrected chi connectivity index (χ3v) is 3.81. The van der Waals surface area contributed by atoms with Gasteiger partial charge in [0.1, 0.15) is 0 Å². The Balaban J connectivity index is 1.85. The maximum Gasteiger partial charge on any atom is 0.353 e. The lowest BCUT2D eigenvalue weighted by atomic mass is 10.1. The van der Waals surface area contributed by atoms with Crippen molar-refractivity contribution >= 4 is 28.9 Å². The Hall–Kier alpha value is -1.89. The van der Waals surface area contributed by atoms with Crippen LogP contribution in [0.2, 0.25) is 0 Å². The molecule has 1 amide bonds. The minimum Gasteiger partial charge on any atom is -0.477 e. The second-order valence-electron chi connectivity index (χ2n) is 4.08. The maximum atomic E-state index is 11.8. The van der Waals surface area contributed by atoms with Gasteiger partial charge in [-0.3, -0.25) is 4.79 Å². The van der Waals surface area contributed by atoms with Crippen molar-refractivity contribution in [1.29, 1.82) is 0 Å². The molecule has 0 fully saturated rings. The van der Waals surface area contributed by atoms with Crippen LogP contribution < -0.4 is 5.32 Å². The number of carbonyl (C=O) groups excluding carboxylic acids is 1. The summed E-state index contributed by atoms with van der Waals surface area (Å²) in [6.45, 7) is 2.49. The molecule has 2 N–H and O–H groups in total. The first kappa shape index (κ1) is 13.5. The largest absolute Gasteiger partial charge is 0.477 e. The number of nitrogens with zero attached hydrogens (tertiary/aromatic N) is 1. The van der Waals surface area contributed by atoms with Crippen LogP contribution in [0.3, 0.4) is 0 Å². The van der Waals surface area contributed by atoms with Gasteiger partial charge in [-0.2, -0.15) is 0 Å². The lowest BCUT2D eigenvalue weighted by Gasteiger charge is -2.09. The molecule has 0 spiro atoms. The van der Waals surface area contributed by atoms with Crippen LogP contribution in [-0.2, 0) is 27.4 Å². The fourth-order valence-electron chi connectivity index (χ4n) is 1.76. The number of aliphatic carboxylic acids is 1. The van der Waals surface area contributed by atoms with E-state index in [-0.39, 0.29) is 18.0 Å². The summed E-state index contributed by atoms with van der Waals surface area (Å²) in [6, 6.07) is 2.03. The van der Waals surface area contributed by atoms with Gasteiger partial charge in [0, 0.05) is 11.3 Å². The van der Waals surface area contributed by atoms with Crippen LogP contribution in [-0.4, -0.2) is 28.8 Å². The Morgan fingerprint density at radius 2 is 2.42 bits per heavy atom. The SMILES string of the molecule is CCc1ccsc1CNC(=O)C1CC(C(=O)O)=NO1. The lowest BCUT2D eigenvalue weighted by Crippen LogP contribution is -2.34. The number of amides is 1. The molecule has 0 aromatic carbocycles. The summed E-state index contributed by atoms with van der Waals surface area (Å²) in [7, 11) is 0. The molecule has 0 aliphatic carbocycles. The van der Waals surface area contributed by atoms with Crippen molar-refractivity contribution in [1.82, 2.24) is 5.32 Å². The van der Waals surface area contributed by atoms with E-state index in [1.165, 1.54) is 5.56 Å². The molecule has 1 aromatic rings. The molecular weight excluding hydrogens is 268 g/mol. The maximum absolute atomic E-state index is 11.8. The van der Waals surface area contributed by atoms with Gasteiger partial charge in [0.2, 0.25) is 6.10 Å². The summed E-state index contributed by atoms with van der Waals surface area (Å²) >= 11 is 1.59. The molecule has 1 atom stereocenters. The van der Waals surface area contributed by atoms with Gasteiger partial charge in [-0.25, -0.2) is 4.79 Å². The van der Waals surface area contributed by atoms with Gasteiger partial charge < -0.3 is 15.3 Å². The molecule has 2 rings (SSSR count). The van der Waals surface area contributed by atoms with E-state index in [0.717, 1.165) is 11.3 Å². The van der Waals surface area contributed by atoms with Gasteiger partial charge >= 0.3 is 5.97 Å². The van der Waals surface area contributed by atoms with Crippen molar-refractivity contribution in [3.63, 3.8) is 0 Å². The third kappa shape index (κ3) is 3.11. The molecule has 0 bridgehead atoms. The topological polar surface area (TPSA) is 88.0 Å². The summed E-state index contributed by atoms with van der Waals surface area (Å²) in [5.74, 6) is -1.49. The summed E-state index contributed by atoms with van der Waals surface area (Å²) in [5.41, 5.74) is 1.09. The van der Waals surface area contributed by atoms with Gasteiger partial charge in [-0.05, 0) is 23.4 Å².